The van der Waals surface area contributed by atoms with Crippen LogP contribution in [-0.2, 0) is 4.74 Å². The van der Waals surface area contributed by atoms with Gasteiger partial charge in [0.1, 0.15) is 11.1 Å². The quantitative estimate of drug-likeness (QED) is 0.727. The Kier molecular flexibility index (Phi) is 5.37. The molecule has 3 rings (SSSR count). The molecule has 0 spiro atoms. The summed E-state index contributed by atoms with van der Waals surface area (Å²) in [5, 5.41) is 0. The highest BCUT2D eigenvalue weighted by Crippen LogP contribution is 2.28. The minimum absolute atomic E-state index is 0.191. The summed E-state index contributed by atoms with van der Waals surface area (Å²) in [4.78, 5) is 25.3. The Morgan fingerprint density at radius 3 is 2.65 bits per heavy atom. The van der Waals surface area contributed by atoms with Gasteiger partial charge in [-0.2, -0.15) is 0 Å². The number of hydrogen-bond acceptors (Lipinski definition) is 5. The molecule has 0 radical (unpaired) electrons. The fraction of sp³-hybridized carbons (Fsp3) is 0.526. The molecule has 0 aromatic carbocycles. The first-order chi connectivity index (χ1) is 12.2. The van der Waals surface area contributed by atoms with E-state index in [1.807, 2.05) is 46.1 Å². The number of nitrogens with zero attached hydrogens (tertiary/aromatic N) is 4. The molecular formula is C19H25BrN4O2. The van der Waals surface area contributed by atoms with Crippen LogP contribution >= 0.6 is 15.9 Å². The summed E-state index contributed by atoms with van der Waals surface area (Å²) < 4.78 is 6.41. The first-order valence-electron chi connectivity index (χ1n) is 8.85. The Morgan fingerprint density at radius 1 is 1.31 bits per heavy atom. The van der Waals surface area contributed by atoms with Crippen molar-refractivity contribution in [2.75, 3.05) is 25.0 Å². The highest BCUT2D eigenvalue weighted by Gasteiger charge is 2.29. The summed E-state index contributed by atoms with van der Waals surface area (Å²) in [5.74, 6) is 0. The second kappa shape index (κ2) is 7.39. The highest BCUT2D eigenvalue weighted by atomic mass is 79.9. The number of fused-ring (bicyclic) bond motifs is 1. The summed E-state index contributed by atoms with van der Waals surface area (Å²) in [6.07, 6.45) is 5.17. The zero-order valence-electron chi connectivity index (χ0n) is 15.7. The molecule has 2 aromatic rings. The Bertz CT molecular complexity index is 798. The molecule has 1 saturated heterocycles. The van der Waals surface area contributed by atoms with Crippen molar-refractivity contribution >= 4 is 38.7 Å². The fourth-order valence-electron chi connectivity index (χ4n) is 3.22. The van der Waals surface area contributed by atoms with Gasteiger partial charge in [-0.3, -0.25) is 9.97 Å². The van der Waals surface area contributed by atoms with Crippen LogP contribution in [0.25, 0.3) is 11.0 Å². The van der Waals surface area contributed by atoms with E-state index in [2.05, 4.69) is 30.8 Å². The van der Waals surface area contributed by atoms with Gasteiger partial charge in [0.25, 0.3) is 0 Å². The molecule has 1 amide bonds. The first-order valence-corrected chi connectivity index (χ1v) is 9.65. The lowest BCUT2D eigenvalue weighted by atomic mass is 10.0. The third kappa shape index (κ3) is 4.26. The summed E-state index contributed by atoms with van der Waals surface area (Å²) in [6.45, 7) is 7.41. The predicted molar refractivity (Wildman–Crippen MR) is 106 cm³/mol. The third-order valence-electron chi connectivity index (χ3n) is 4.56. The molecule has 1 fully saturated rings. The van der Waals surface area contributed by atoms with Crippen LogP contribution in [0.15, 0.2) is 29.0 Å². The number of carbonyl (C=O) groups excluding carboxylic acids is 1. The van der Waals surface area contributed by atoms with Crippen LogP contribution in [0.3, 0.4) is 0 Å². The highest BCUT2D eigenvalue weighted by molar-refractivity contribution is 9.10. The molecule has 7 heteroatoms. The van der Waals surface area contributed by atoms with E-state index in [1.54, 1.807) is 11.1 Å². The smallest absolute Gasteiger partial charge is 0.410 e. The van der Waals surface area contributed by atoms with E-state index < -0.39 is 5.60 Å². The van der Waals surface area contributed by atoms with Gasteiger partial charge in [0, 0.05) is 43.0 Å². The maximum absolute atomic E-state index is 12.3. The molecule has 3 heterocycles. The van der Waals surface area contributed by atoms with E-state index in [9.17, 15) is 4.79 Å². The number of pyridine rings is 2. The van der Waals surface area contributed by atoms with Crippen LogP contribution in [-0.4, -0.2) is 52.7 Å². The topological polar surface area (TPSA) is 58.6 Å². The average molecular weight is 421 g/mol. The zero-order valence-corrected chi connectivity index (χ0v) is 17.3. The number of carbonyl (C=O) groups is 1. The van der Waals surface area contributed by atoms with E-state index in [1.165, 1.54) is 0 Å². The molecule has 2 aromatic heterocycles. The second-order valence-corrected chi connectivity index (χ2v) is 8.58. The van der Waals surface area contributed by atoms with E-state index in [4.69, 9.17) is 4.74 Å². The van der Waals surface area contributed by atoms with Gasteiger partial charge >= 0.3 is 6.09 Å². The van der Waals surface area contributed by atoms with Gasteiger partial charge in [-0.15, -0.1) is 0 Å². The van der Waals surface area contributed by atoms with Gasteiger partial charge in [-0.05, 0) is 61.7 Å². The molecule has 0 N–H and O–H groups in total. The van der Waals surface area contributed by atoms with Crippen LogP contribution in [0, 0.1) is 0 Å². The number of rotatable bonds is 2. The van der Waals surface area contributed by atoms with Crippen LogP contribution in [0.5, 0.6) is 0 Å². The SMILES string of the molecule is CN(C(=O)OC(C)(C)C)C1CCN(c2ccnc3cc(Br)cnc23)CC1. The molecule has 1 aliphatic heterocycles. The predicted octanol–water partition coefficient (Wildman–Crippen LogP) is 4.23. The lowest BCUT2D eigenvalue weighted by Crippen LogP contribution is -2.47. The molecule has 0 unspecified atom stereocenters. The maximum Gasteiger partial charge on any atom is 0.410 e. The van der Waals surface area contributed by atoms with Gasteiger partial charge in [-0.1, -0.05) is 0 Å². The Balaban J connectivity index is 1.68. The van der Waals surface area contributed by atoms with Crippen molar-refractivity contribution in [2.24, 2.45) is 0 Å². The monoisotopic (exact) mass is 420 g/mol. The van der Waals surface area contributed by atoms with Crippen molar-refractivity contribution in [3.8, 4) is 0 Å². The van der Waals surface area contributed by atoms with Crippen LogP contribution in [0.2, 0.25) is 0 Å². The largest absolute Gasteiger partial charge is 0.444 e. The van der Waals surface area contributed by atoms with E-state index >= 15 is 0 Å². The average Bonchev–Trinajstić information content (AvgIpc) is 2.59. The van der Waals surface area contributed by atoms with Gasteiger partial charge in [0.2, 0.25) is 0 Å². The summed E-state index contributed by atoms with van der Waals surface area (Å²) in [7, 11) is 1.83. The standard InChI is InChI=1S/C19H25BrN4O2/c1-19(2,3)26-18(25)23(4)14-6-9-24(10-7-14)16-5-8-21-15-11-13(20)12-22-17(15)16/h5,8,11-12,14H,6-7,9-10H2,1-4H3. The minimum atomic E-state index is -0.470. The molecule has 0 bridgehead atoms. The van der Waals surface area contributed by atoms with Crippen molar-refractivity contribution in [3.05, 3.63) is 29.0 Å². The van der Waals surface area contributed by atoms with Crippen molar-refractivity contribution in [1.29, 1.82) is 0 Å². The van der Waals surface area contributed by atoms with Gasteiger partial charge in [0.15, 0.2) is 0 Å². The Hall–Kier alpha value is -1.89. The number of halogens is 1. The lowest BCUT2D eigenvalue weighted by molar-refractivity contribution is 0.0201. The molecule has 0 saturated carbocycles. The van der Waals surface area contributed by atoms with Gasteiger partial charge in [-0.25, -0.2) is 4.79 Å². The second-order valence-electron chi connectivity index (χ2n) is 7.66. The summed E-state index contributed by atoms with van der Waals surface area (Å²) in [6, 6.07) is 4.19. The Morgan fingerprint density at radius 2 is 2.00 bits per heavy atom. The van der Waals surface area contributed by atoms with E-state index in [0.717, 1.165) is 47.1 Å². The van der Waals surface area contributed by atoms with Crippen LogP contribution in [0.1, 0.15) is 33.6 Å². The molecule has 0 aliphatic carbocycles. The van der Waals surface area contributed by atoms with Gasteiger partial charge < -0.3 is 14.5 Å². The van der Waals surface area contributed by atoms with Crippen LogP contribution in [0.4, 0.5) is 10.5 Å². The summed E-state index contributed by atoms with van der Waals surface area (Å²) in [5.41, 5.74) is 2.42. The molecule has 6 nitrogen and oxygen atoms in total. The molecule has 26 heavy (non-hydrogen) atoms. The van der Waals surface area contributed by atoms with Crippen LogP contribution < -0.4 is 4.90 Å². The number of amides is 1. The Labute approximate surface area is 162 Å². The van der Waals surface area contributed by atoms with Crippen molar-refractivity contribution in [3.63, 3.8) is 0 Å². The van der Waals surface area contributed by atoms with E-state index in [-0.39, 0.29) is 12.1 Å². The lowest BCUT2D eigenvalue weighted by Gasteiger charge is -2.38. The normalized spacial score (nSPS) is 16.0. The molecule has 1 aliphatic rings. The maximum atomic E-state index is 12.3. The van der Waals surface area contributed by atoms with E-state index in [0.29, 0.717) is 0 Å². The van der Waals surface area contributed by atoms with Crippen molar-refractivity contribution in [2.45, 2.75) is 45.3 Å². The number of piperidine rings is 1. The van der Waals surface area contributed by atoms with Crippen molar-refractivity contribution < 1.29 is 9.53 Å². The van der Waals surface area contributed by atoms with Crippen molar-refractivity contribution in [1.82, 2.24) is 14.9 Å². The zero-order chi connectivity index (χ0) is 18.9. The fourth-order valence-corrected chi connectivity index (χ4v) is 3.54. The molecule has 140 valence electrons. The third-order valence-corrected chi connectivity index (χ3v) is 4.99. The number of aromatic nitrogens is 2. The molecular weight excluding hydrogens is 396 g/mol. The van der Waals surface area contributed by atoms with Gasteiger partial charge in [0.05, 0.1) is 11.2 Å². The summed E-state index contributed by atoms with van der Waals surface area (Å²) >= 11 is 3.45. The number of hydrogen-bond donors (Lipinski definition) is 0. The number of ether oxygens (including phenoxy) is 1. The number of anilines is 1. The first kappa shape index (κ1) is 18.9. The minimum Gasteiger partial charge on any atom is -0.444 e. The molecule has 0 atom stereocenters.